The van der Waals surface area contributed by atoms with Crippen LogP contribution in [0.3, 0.4) is 0 Å². The highest BCUT2D eigenvalue weighted by Gasteiger charge is 2.33. The first kappa shape index (κ1) is 19.9. The Morgan fingerprint density at radius 2 is 1.47 bits per heavy atom. The molecule has 5 aromatic rings. The van der Waals surface area contributed by atoms with Gasteiger partial charge in [0.2, 0.25) is 0 Å². The van der Waals surface area contributed by atoms with Crippen molar-refractivity contribution in [1.82, 2.24) is 0 Å². The van der Waals surface area contributed by atoms with Gasteiger partial charge in [-0.3, -0.25) is 0 Å². The Labute approximate surface area is 186 Å². The van der Waals surface area contributed by atoms with Crippen molar-refractivity contribution in [2.75, 3.05) is 13.2 Å². The summed E-state index contributed by atoms with van der Waals surface area (Å²) in [7, 11) is 0. The summed E-state index contributed by atoms with van der Waals surface area (Å²) < 4.78 is 11.3. The number of aliphatic hydroxyl groups is 2. The van der Waals surface area contributed by atoms with E-state index in [-0.39, 0.29) is 6.61 Å². The van der Waals surface area contributed by atoms with E-state index in [9.17, 15) is 10.2 Å². The Balaban J connectivity index is 1.31. The topological polar surface area (TPSA) is 58.9 Å². The number of benzene rings is 5. The van der Waals surface area contributed by atoms with Crippen LogP contribution in [0, 0.1) is 0 Å². The van der Waals surface area contributed by atoms with Crippen LogP contribution in [-0.2, 0) is 15.9 Å². The maximum absolute atomic E-state index is 9.85. The SMILES string of the molecule is OC[C@H]1O[C@@H](OCCCc2ccc3c4cccc5cccc(c6cccc2c63)c54)C[C@@H]1O. The summed E-state index contributed by atoms with van der Waals surface area (Å²) in [5, 5.41) is 29.6. The lowest BCUT2D eigenvalue weighted by atomic mass is 9.88. The summed E-state index contributed by atoms with van der Waals surface area (Å²) in [6, 6.07) is 24.3. The zero-order chi connectivity index (χ0) is 21.7. The fourth-order valence-electron chi connectivity index (χ4n) is 5.36. The molecule has 5 aromatic carbocycles. The summed E-state index contributed by atoms with van der Waals surface area (Å²) in [6.07, 6.45) is 0.563. The largest absolute Gasteiger partial charge is 0.394 e. The van der Waals surface area contributed by atoms with E-state index in [1.165, 1.54) is 48.7 Å². The molecule has 6 rings (SSSR count). The van der Waals surface area contributed by atoms with E-state index in [0.29, 0.717) is 13.0 Å². The number of hydrogen-bond donors (Lipinski definition) is 2. The van der Waals surface area contributed by atoms with Crippen LogP contribution in [0.4, 0.5) is 0 Å². The van der Waals surface area contributed by atoms with Crippen molar-refractivity contribution in [2.45, 2.75) is 37.8 Å². The fourth-order valence-corrected chi connectivity index (χ4v) is 5.36. The second-order valence-corrected chi connectivity index (χ2v) is 8.77. The Kier molecular flexibility index (Phi) is 4.96. The third-order valence-corrected chi connectivity index (χ3v) is 6.88. The highest BCUT2D eigenvalue weighted by Crippen LogP contribution is 2.41. The van der Waals surface area contributed by atoms with Crippen molar-refractivity contribution >= 4 is 43.1 Å². The quantitative estimate of drug-likeness (QED) is 0.224. The molecule has 1 saturated heterocycles. The van der Waals surface area contributed by atoms with E-state index in [1.54, 1.807) is 0 Å². The third-order valence-electron chi connectivity index (χ3n) is 6.88. The van der Waals surface area contributed by atoms with E-state index < -0.39 is 18.5 Å². The zero-order valence-electron chi connectivity index (χ0n) is 17.8. The van der Waals surface area contributed by atoms with Gasteiger partial charge < -0.3 is 19.7 Å². The number of rotatable bonds is 6. The minimum Gasteiger partial charge on any atom is -0.394 e. The number of ether oxygens (including phenoxy) is 2. The van der Waals surface area contributed by atoms with Gasteiger partial charge in [0.15, 0.2) is 6.29 Å². The molecular formula is C28H26O4. The number of aryl methyl sites for hydroxylation is 1. The number of fused-ring (bicyclic) bond motifs is 2. The Morgan fingerprint density at radius 1 is 0.812 bits per heavy atom. The average molecular weight is 427 g/mol. The highest BCUT2D eigenvalue weighted by molar-refractivity contribution is 6.33. The van der Waals surface area contributed by atoms with Crippen molar-refractivity contribution in [1.29, 1.82) is 0 Å². The second kappa shape index (κ2) is 7.98. The summed E-state index contributed by atoms with van der Waals surface area (Å²) in [5.74, 6) is 0. The molecule has 1 heterocycles. The first-order chi connectivity index (χ1) is 15.7. The van der Waals surface area contributed by atoms with E-state index in [1.807, 2.05) is 0 Å². The molecule has 0 amide bonds. The van der Waals surface area contributed by atoms with Gasteiger partial charge in [0.25, 0.3) is 0 Å². The van der Waals surface area contributed by atoms with Crippen LogP contribution >= 0.6 is 0 Å². The lowest BCUT2D eigenvalue weighted by Crippen LogP contribution is -2.24. The molecule has 0 aliphatic carbocycles. The van der Waals surface area contributed by atoms with Crippen LogP contribution < -0.4 is 0 Å². The smallest absolute Gasteiger partial charge is 0.160 e. The molecule has 1 fully saturated rings. The summed E-state index contributed by atoms with van der Waals surface area (Å²) in [4.78, 5) is 0. The Morgan fingerprint density at radius 3 is 2.19 bits per heavy atom. The molecule has 0 unspecified atom stereocenters. The molecule has 0 saturated carbocycles. The molecule has 0 bridgehead atoms. The molecule has 4 nitrogen and oxygen atoms in total. The lowest BCUT2D eigenvalue weighted by Gasteiger charge is -2.17. The lowest BCUT2D eigenvalue weighted by molar-refractivity contribution is -0.143. The number of aliphatic hydroxyl groups excluding tert-OH is 2. The van der Waals surface area contributed by atoms with Crippen LogP contribution in [0.15, 0.2) is 66.7 Å². The Bertz CT molecular complexity index is 1360. The molecule has 1 aliphatic rings. The highest BCUT2D eigenvalue weighted by atomic mass is 16.7. The van der Waals surface area contributed by atoms with Gasteiger partial charge in [-0.25, -0.2) is 0 Å². The van der Waals surface area contributed by atoms with Crippen LogP contribution in [0.25, 0.3) is 43.1 Å². The average Bonchev–Trinajstić information content (AvgIpc) is 3.20. The maximum Gasteiger partial charge on any atom is 0.160 e. The van der Waals surface area contributed by atoms with E-state index in [4.69, 9.17) is 9.47 Å². The van der Waals surface area contributed by atoms with Crippen LogP contribution in [-0.4, -0.2) is 41.9 Å². The first-order valence-electron chi connectivity index (χ1n) is 11.4. The normalized spacial score (nSPS) is 21.5. The molecule has 162 valence electrons. The number of hydrogen-bond acceptors (Lipinski definition) is 4. The van der Waals surface area contributed by atoms with Crippen molar-refractivity contribution in [3.8, 4) is 0 Å². The minimum atomic E-state index is -0.655. The first-order valence-corrected chi connectivity index (χ1v) is 11.4. The second-order valence-electron chi connectivity index (χ2n) is 8.77. The van der Waals surface area contributed by atoms with Gasteiger partial charge in [-0.1, -0.05) is 66.7 Å². The molecule has 0 radical (unpaired) electrons. The summed E-state index contributed by atoms with van der Waals surface area (Å²) >= 11 is 0. The van der Waals surface area contributed by atoms with Gasteiger partial charge in [-0.05, 0) is 61.5 Å². The van der Waals surface area contributed by atoms with Gasteiger partial charge in [0, 0.05) is 6.42 Å². The van der Waals surface area contributed by atoms with Gasteiger partial charge >= 0.3 is 0 Å². The molecule has 32 heavy (non-hydrogen) atoms. The standard InChI is InChI=1S/C28H26O4/c29-16-25-24(30)15-26(32-25)31-14-4-7-17-12-13-23-21-10-2-6-18-5-1-9-20(27(18)21)22-11-3-8-19(17)28(22)23/h1-3,5-6,8-13,24-26,29-30H,4,7,14-16H2/t24-,25+,26+/m0/s1. The van der Waals surface area contributed by atoms with E-state index in [2.05, 4.69) is 66.7 Å². The van der Waals surface area contributed by atoms with Crippen molar-refractivity contribution in [3.63, 3.8) is 0 Å². The molecule has 3 atom stereocenters. The van der Waals surface area contributed by atoms with E-state index >= 15 is 0 Å². The van der Waals surface area contributed by atoms with Crippen molar-refractivity contribution in [2.24, 2.45) is 0 Å². The molecule has 2 N–H and O–H groups in total. The van der Waals surface area contributed by atoms with Gasteiger partial charge in [0.05, 0.1) is 19.3 Å². The van der Waals surface area contributed by atoms with Crippen LogP contribution in [0.1, 0.15) is 18.4 Å². The van der Waals surface area contributed by atoms with Crippen molar-refractivity contribution < 1.29 is 19.7 Å². The monoisotopic (exact) mass is 426 g/mol. The van der Waals surface area contributed by atoms with Gasteiger partial charge in [-0.2, -0.15) is 0 Å². The molecular weight excluding hydrogens is 400 g/mol. The van der Waals surface area contributed by atoms with E-state index in [0.717, 1.165) is 12.8 Å². The molecule has 0 spiro atoms. The molecule has 4 heteroatoms. The predicted molar refractivity (Wildman–Crippen MR) is 128 cm³/mol. The predicted octanol–water partition coefficient (Wildman–Crippen LogP) is 5.15. The van der Waals surface area contributed by atoms with Crippen molar-refractivity contribution in [3.05, 3.63) is 72.3 Å². The van der Waals surface area contributed by atoms with Gasteiger partial charge in [-0.15, -0.1) is 0 Å². The fraction of sp³-hybridized carbons (Fsp3) is 0.286. The molecule has 1 aliphatic heterocycles. The minimum absolute atomic E-state index is 0.182. The summed E-state index contributed by atoms with van der Waals surface area (Å²) in [5.41, 5.74) is 1.32. The molecule has 0 aromatic heterocycles. The van der Waals surface area contributed by atoms with Gasteiger partial charge in [0.1, 0.15) is 6.10 Å². The van der Waals surface area contributed by atoms with Crippen LogP contribution in [0.5, 0.6) is 0 Å². The summed E-state index contributed by atoms with van der Waals surface area (Å²) in [6.45, 7) is 0.374. The zero-order valence-corrected chi connectivity index (χ0v) is 17.8. The maximum atomic E-state index is 9.85. The third kappa shape index (κ3) is 3.14. The Hall–Kier alpha value is -2.76. The van der Waals surface area contributed by atoms with Crippen LogP contribution in [0.2, 0.25) is 0 Å².